The molecule has 1 unspecified atom stereocenters. The molecule has 3 rings (SSSR count). The van der Waals surface area contributed by atoms with Crippen LogP contribution in [0.4, 0.5) is 0 Å². The van der Waals surface area contributed by atoms with Crippen molar-refractivity contribution in [2.45, 2.75) is 38.5 Å². The number of benzene rings is 1. The fourth-order valence-electron chi connectivity index (χ4n) is 3.79. The van der Waals surface area contributed by atoms with E-state index in [9.17, 15) is 0 Å². The largest absolute Gasteiger partial charge is 0.382 e. The van der Waals surface area contributed by atoms with Gasteiger partial charge in [0.25, 0.3) is 0 Å². The van der Waals surface area contributed by atoms with Crippen LogP contribution in [0.3, 0.4) is 0 Å². The molecule has 1 aromatic rings. The van der Waals surface area contributed by atoms with Crippen molar-refractivity contribution in [1.29, 1.82) is 0 Å². The smallest absolute Gasteiger partial charge is 0.0783 e. The van der Waals surface area contributed by atoms with Gasteiger partial charge in [0.1, 0.15) is 0 Å². The van der Waals surface area contributed by atoms with E-state index in [2.05, 4.69) is 73.2 Å². The molecule has 1 heterocycles. The number of rotatable bonds is 6. The molecule has 1 aliphatic heterocycles. The minimum Gasteiger partial charge on any atom is -0.382 e. The molecule has 0 bridgehead atoms. The quantitative estimate of drug-likeness (QED) is 0.555. The molecule has 0 aromatic heterocycles. The Bertz CT molecular complexity index is 673. The van der Waals surface area contributed by atoms with Crippen molar-refractivity contribution < 1.29 is 4.74 Å². The summed E-state index contributed by atoms with van der Waals surface area (Å²) in [6.45, 7) is 9.04. The van der Waals surface area contributed by atoms with Crippen LogP contribution in [-0.2, 0) is 4.74 Å². The maximum absolute atomic E-state index is 5.41. The summed E-state index contributed by atoms with van der Waals surface area (Å²) in [4.78, 5) is 0. The van der Waals surface area contributed by atoms with Crippen LogP contribution in [0, 0.1) is 5.92 Å². The molecule has 3 nitrogen and oxygen atoms in total. The summed E-state index contributed by atoms with van der Waals surface area (Å²) in [5.41, 5.74) is 2.41. The average molecular weight is 355 g/mol. The summed E-state index contributed by atoms with van der Waals surface area (Å²) >= 11 is 0. The number of hydrogen-bond donors (Lipinski definition) is 0. The molecular formula is C21H30N2OSi. The highest BCUT2D eigenvalue weighted by molar-refractivity contribution is 6.83. The van der Waals surface area contributed by atoms with E-state index in [0.29, 0.717) is 12.0 Å². The van der Waals surface area contributed by atoms with Gasteiger partial charge in [0.15, 0.2) is 0 Å². The molecule has 0 saturated carbocycles. The molecule has 1 aliphatic carbocycles. The monoisotopic (exact) mass is 354 g/mol. The van der Waals surface area contributed by atoms with Crippen molar-refractivity contribution in [2.24, 2.45) is 11.0 Å². The summed E-state index contributed by atoms with van der Waals surface area (Å²) in [5, 5.41) is 9.02. The van der Waals surface area contributed by atoms with Crippen LogP contribution in [0.25, 0.3) is 0 Å². The van der Waals surface area contributed by atoms with Crippen molar-refractivity contribution in [3.8, 4) is 0 Å². The van der Waals surface area contributed by atoms with Crippen LogP contribution < -0.4 is 0 Å². The molecule has 134 valence electrons. The first-order valence-corrected chi connectivity index (χ1v) is 12.8. The third-order valence-corrected chi connectivity index (χ3v) is 7.30. The van der Waals surface area contributed by atoms with E-state index in [-0.39, 0.29) is 0 Å². The number of hydrazone groups is 1. The Morgan fingerprint density at radius 3 is 2.68 bits per heavy atom. The maximum Gasteiger partial charge on any atom is 0.0783 e. The molecule has 1 aromatic carbocycles. The number of hydrogen-bond acceptors (Lipinski definition) is 3. The number of ether oxygens (including phenoxy) is 1. The van der Waals surface area contributed by atoms with Gasteiger partial charge in [-0.15, -0.1) is 0 Å². The average Bonchev–Trinajstić information content (AvgIpc) is 3.23. The third kappa shape index (κ3) is 4.13. The molecule has 1 fully saturated rings. The topological polar surface area (TPSA) is 24.8 Å². The normalized spacial score (nSPS) is 24.1. The molecule has 4 heteroatoms. The number of methoxy groups -OCH3 is 1. The van der Waals surface area contributed by atoms with Crippen LogP contribution in [0.5, 0.6) is 0 Å². The van der Waals surface area contributed by atoms with Gasteiger partial charge in [0.05, 0.1) is 26.4 Å². The summed E-state index contributed by atoms with van der Waals surface area (Å²) in [7, 11) is 0.386. The SMILES string of the molecule is COC[C@@H]1CCCN1/N=C(\c1ccccc1)C1C=CC=C1[Si](C)(C)C. The van der Waals surface area contributed by atoms with Gasteiger partial charge in [0.2, 0.25) is 0 Å². The zero-order valence-corrected chi connectivity index (χ0v) is 16.9. The molecule has 0 spiro atoms. The summed E-state index contributed by atoms with van der Waals surface area (Å²) in [6.07, 6.45) is 9.22. The first-order valence-electron chi connectivity index (χ1n) is 9.29. The zero-order chi connectivity index (χ0) is 17.9. The highest BCUT2D eigenvalue weighted by atomic mass is 28.3. The fourth-order valence-corrected chi connectivity index (χ4v) is 5.56. The Morgan fingerprint density at radius 1 is 1.24 bits per heavy atom. The predicted octanol–water partition coefficient (Wildman–Crippen LogP) is 4.49. The first-order chi connectivity index (χ1) is 12.0. The van der Waals surface area contributed by atoms with Crippen LogP contribution in [0.1, 0.15) is 18.4 Å². The van der Waals surface area contributed by atoms with Crippen molar-refractivity contribution in [2.75, 3.05) is 20.3 Å². The van der Waals surface area contributed by atoms with E-state index >= 15 is 0 Å². The Labute approximate surface area is 153 Å². The van der Waals surface area contributed by atoms with Gasteiger partial charge < -0.3 is 4.74 Å². The number of allylic oxidation sites excluding steroid dienone is 4. The van der Waals surface area contributed by atoms with Crippen LogP contribution in [0.2, 0.25) is 19.6 Å². The van der Waals surface area contributed by atoms with Crippen molar-refractivity contribution in [1.82, 2.24) is 5.01 Å². The second-order valence-corrected chi connectivity index (χ2v) is 13.1. The van der Waals surface area contributed by atoms with Crippen LogP contribution >= 0.6 is 0 Å². The minimum atomic E-state index is -1.40. The Morgan fingerprint density at radius 2 is 2.00 bits per heavy atom. The molecule has 25 heavy (non-hydrogen) atoms. The molecule has 2 atom stereocenters. The molecule has 1 saturated heterocycles. The molecule has 0 N–H and O–H groups in total. The summed E-state index contributed by atoms with van der Waals surface area (Å²) in [6, 6.07) is 11.1. The van der Waals surface area contributed by atoms with E-state index in [0.717, 1.165) is 19.6 Å². The summed E-state index contributed by atoms with van der Waals surface area (Å²) in [5.74, 6) is 0.304. The van der Waals surface area contributed by atoms with Gasteiger partial charge in [-0.3, -0.25) is 5.01 Å². The lowest BCUT2D eigenvalue weighted by atomic mass is 9.98. The number of nitrogens with zero attached hydrogens (tertiary/aromatic N) is 2. The van der Waals surface area contributed by atoms with Crippen molar-refractivity contribution in [3.63, 3.8) is 0 Å². The Balaban J connectivity index is 1.98. The molecule has 2 aliphatic rings. The standard InChI is InChI=1S/C21H30N2OSi/c1-24-16-18-12-9-15-23(18)22-21(17-10-6-5-7-11-17)19-13-8-14-20(19)25(2,3)4/h5-8,10-11,13-14,18-19H,9,12,15-16H2,1-4H3/b22-21+/t18-,19?/m0/s1. The Kier molecular flexibility index (Phi) is 5.60. The van der Waals surface area contributed by atoms with E-state index in [1.807, 2.05) is 0 Å². The van der Waals surface area contributed by atoms with E-state index in [1.165, 1.54) is 17.7 Å². The molecule has 0 radical (unpaired) electrons. The van der Waals surface area contributed by atoms with E-state index in [1.54, 1.807) is 12.3 Å². The zero-order valence-electron chi connectivity index (χ0n) is 15.9. The van der Waals surface area contributed by atoms with Crippen molar-refractivity contribution >= 4 is 13.8 Å². The fraction of sp³-hybridized carbons (Fsp3) is 0.476. The summed E-state index contributed by atoms with van der Waals surface area (Å²) < 4.78 is 5.41. The van der Waals surface area contributed by atoms with Crippen LogP contribution in [-0.4, -0.2) is 45.1 Å². The van der Waals surface area contributed by atoms with Gasteiger partial charge in [0, 0.05) is 19.6 Å². The maximum atomic E-state index is 5.41. The second kappa shape index (κ2) is 7.71. The van der Waals surface area contributed by atoms with E-state index < -0.39 is 8.07 Å². The lowest BCUT2D eigenvalue weighted by molar-refractivity contribution is 0.117. The third-order valence-electron chi connectivity index (χ3n) is 5.09. The van der Waals surface area contributed by atoms with Gasteiger partial charge in [-0.2, -0.15) is 5.10 Å². The van der Waals surface area contributed by atoms with Gasteiger partial charge >= 0.3 is 0 Å². The molecular weight excluding hydrogens is 324 g/mol. The highest BCUT2D eigenvalue weighted by Gasteiger charge is 2.32. The Hall–Kier alpha value is -1.65. The highest BCUT2D eigenvalue weighted by Crippen LogP contribution is 2.32. The predicted molar refractivity (Wildman–Crippen MR) is 109 cm³/mol. The second-order valence-electron chi connectivity index (χ2n) is 8.00. The van der Waals surface area contributed by atoms with Crippen molar-refractivity contribution in [3.05, 3.63) is 59.3 Å². The van der Waals surface area contributed by atoms with Gasteiger partial charge in [-0.05, 0) is 18.4 Å². The minimum absolute atomic E-state index is 0.304. The van der Waals surface area contributed by atoms with Gasteiger partial charge in [-0.1, -0.05) is 73.4 Å². The lowest BCUT2D eigenvalue weighted by Gasteiger charge is -2.29. The lowest BCUT2D eigenvalue weighted by Crippen LogP contribution is -2.34. The van der Waals surface area contributed by atoms with Gasteiger partial charge in [-0.25, -0.2) is 0 Å². The van der Waals surface area contributed by atoms with E-state index in [4.69, 9.17) is 9.84 Å². The van der Waals surface area contributed by atoms with Crippen LogP contribution in [0.15, 0.2) is 58.9 Å². The molecule has 0 amide bonds. The first kappa shape index (κ1) is 18.1.